The van der Waals surface area contributed by atoms with Crippen LogP contribution in [0.25, 0.3) is 0 Å². The van der Waals surface area contributed by atoms with E-state index in [0.717, 1.165) is 25.8 Å². The molecule has 0 bridgehead atoms. The third kappa shape index (κ3) is 7.58. The monoisotopic (exact) mass is 170 g/mol. The molecule has 2 heteroatoms. The van der Waals surface area contributed by atoms with Crippen molar-refractivity contribution in [1.29, 1.82) is 0 Å². The zero-order valence-electron chi connectivity index (χ0n) is 8.23. The first kappa shape index (κ1) is 11.5. The van der Waals surface area contributed by atoms with Crippen LogP contribution in [0.2, 0.25) is 0 Å². The Morgan fingerprint density at radius 3 is 2.67 bits per heavy atom. The molecule has 0 aliphatic rings. The first-order valence-electron chi connectivity index (χ1n) is 4.72. The summed E-state index contributed by atoms with van der Waals surface area (Å²) in [4.78, 5) is 11.0. The minimum atomic E-state index is 0.166. The van der Waals surface area contributed by atoms with Crippen molar-refractivity contribution in [3.63, 3.8) is 0 Å². The van der Waals surface area contributed by atoms with Gasteiger partial charge in [0.2, 0.25) is 5.91 Å². The molecular formula is C10H20NO. The zero-order valence-corrected chi connectivity index (χ0v) is 8.23. The van der Waals surface area contributed by atoms with Gasteiger partial charge in [-0.2, -0.15) is 0 Å². The maximum atomic E-state index is 11.0. The van der Waals surface area contributed by atoms with Gasteiger partial charge in [-0.25, -0.2) is 0 Å². The van der Waals surface area contributed by atoms with E-state index in [2.05, 4.69) is 26.1 Å². The van der Waals surface area contributed by atoms with Crippen molar-refractivity contribution >= 4 is 5.91 Å². The maximum Gasteiger partial charge on any atom is 0.219 e. The van der Waals surface area contributed by atoms with Crippen LogP contribution in [0.15, 0.2) is 0 Å². The van der Waals surface area contributed by atoms with Crippen LogP contribution in [-0.2, 0) is 4.79 Å². The topological polar surface area (TPSA) is 29.1 Å². The lowest BCUT2D eigenvalue weighted by molar-refractivity contribution is -0.121. The molecule has 12 heavy (non-hydrogen) atoms. The molecule has 0 unspecified atom stereocenters. The van der Waals surface area contributed by atoms with Gasteiger partial charge in [-0.05, 0) is 18.8 Å². The average molecular weight is 170 g/mol. The molecule has 0 aromatic carbocycles. The van der Waals surface area contributed by atoms with Crippen molar-refractivity contribution in [3.05, 3.63) is 6.92 Å². The smallest absolute Gasteiger partial charge is 0.219 e. The fourth-order valence-electron chi connectivity index (χ4n) is 0.874. The quantitative estimate of drug-likeness (QED) is 0.650. The Kier molecular flexibility index (Phi) is 6.82. The van der Waals surface area contributed by atoms with Crippen molar-refractivity contribution in [2.75, 3.05) is 6.54 Å². The molecule has 0 saturated carbocycles. The van der Waals surface area contributed by atoms with E-state index in [4.69, 9.17) is 0 Å². The van der Waals surface area contributed by atoms with Gasteiger partial charge >= 0.3 is 0 Å². The largest absolute Gasteiger partial charge is 0.356 e. The minimum absolute atomic E-state index is 0.166. The van der Waals surface area contributed by atoms with Gasteiger partial charge in [0.25, 0.3) is 0 Å². The summed E-state index contributed by atoms with van der Waals surface area (Å²) in [7, 11) is 0. The number of carbonyl (C=O) groups excluding carboxylic acids is 1. The Morgan fingerprint density at radius 1 is 1.50 bits per heavy atom. The molecule has 0 rings (SSSR count). The number of unbranched alkanes of at least 4 members (excludes halogenated alkanes) is 1. The number of carbonyl (C=O) groups is 1. The van der Waals surface area contributed by atoms with Crippen molar-refractivity contribution in [1.82, 2.24) is 5.32 Å². The van der Waals surface area contributed by atoms with Crippen molar-refractivity contribution in [3.8, 4) is 0 Å². The maximum absolute atomic E-state index is 11.0. The average Bonchev–Trinajstić information content (AvgIpc) is 2.00. The molecule has 71 valence electrons. The molecule has 0 aliphatic carbocycles. The lowest BCUT2D eigenvalue weighted by Gasteiger charge is -2.06. The fourth-order valence-corrected chi connectivity index (χ4v) is 0.874. The molecule has 2 nitrogen and oxygen atoms in total. The van der Waals surface area contributed by atoms with Gasteiger partial charge in [0, 0.05) is 13.0 Å². The van der Waals surface area contributed by atoms with E-state index in [1.54, 1.807) is 0 Å². The lowest BCUT2D eigenvalue weighted by atomic mass is 10.1. The Morgan fingerprint density at radius 2 is 2.17 bits per heavy atom. The van der Waals surface area contributed by atoms with Gasteiger partial charge in [0.05, 0.1) is 0 Å². The van der Waals surface area contributed by atoms with E-state index in [0.29, 0.717) is 12.3 Å². The molecule has 1 N–H and O–H groups in total. The highest BCUT2D eigenvalue weighted by Gasteiger charge is 1.99. The van der Waals surface area contributed by atoms with Gasteiger partial charge in [0.15, 0.2) is 0 Å². The van der Waals surface area contributed by atoms with Crippen LogP contribution >= 0.6 is 0 Å². The van der Waals surface area contributed by atoms with Crippen LogP contribution in [0.5, 0.6) is 0 Å². The van der Waals surface area contributed by atoms with Crippen molar-refractivity contribution in [2.45, 2.75) is 39.5 Å². The molecule has 1 radical (unpaired) electrons. The van der Waals surface area contributed by atoms with Gasteiger partial charge < -0.3 is 5.32 Å². The van der Waals surface area contributed by atoms with Gasteiger partial charge in [-0.15, -0.1) is 0 Å². The summed E-state index contributed by atoms with van der Waals surface area (Å²) in [6.45, 7) is 8.81. The fraction of sp³-hybridized carbons (Fsp3) is 0.800. The summed E-state index contributed by atoms with van der Waals surface area (Å²) in [6.07, 6.45) is 3.43. The molecule has 0 saturated heterocycles. The van der Waals surface area contributed by atoms with Gasteiger partial charge in [0.1, 0.15) is 0 Å². The molecule has 0 spiro atoms. The summed E-state index contributed by atoms with van der Waals surface area (Å²) < 4.78 is 0. The Hall–Kier alpha value is -0.530. The second kappa shape index (κ2) is 7.14. The van der Waals surface area contributed by atoms with E-state index in [1.807, 2.05) is 0 Å². The molecule has 0 aromatic heterocycles. The Bertz CT molecular complexity index is 121. The summed E-state index contributed by atoms with van der Waals surface area (Å²) in [5.41, 5.74) is 0. The van der Waals surface area contributed by atoms with Crippen LogP contribution in [0, 0.1) is 12.8 Å². The first-order chi connectivity index (χ1) is 5.66. The summed E-state index contributed by atoms with van der Waals surface area (Å²) in [6, 6.07) is 0. The number of rotatable bonds is 6. The summed E-state index contributed by atoms with van der Waals surface area (Å²) >= 11 is 0. The van der Waals surface area contributed by atoms with Crippen LogP contribution in [0.1, 0.15) is 39.5 Å². The Labute approximate surface area is 75.7 Å². The zero-order chi connectivity index (χ0) is 9.40. The summed E-state index contributed by atoms with van der Waals surface area (Å²) in [5.74, 6) is 0.831. The number of amides is 1. The predicted molar refractivity (Wildman–Crippen MR) is 51.7 cm³/mol. The first-order valence-corrected chi connectivity index (χ1v) is 4.72. The second-order valence-electron chi connectivity index (χ2n) is 3.49. The molecular weight excluding hydrogens is 150 g/mol. The van der Waals surface area contributed by atoms with E-state index in [-0.39, 0.29) is 5.91 Å². The highest BCUT2D eigenvalue weighted by atomic mass is 16.1. The molecule has 0 heterocycles. The Balaban J connectivity index is 3.20. The molecule has 0 fully saturated rings. The van der Waals surface area contributed by atoms with Crippen molar-refractivity contribution < 1.29 is 4.79 Å². The van der Waals surface area contributed by atoms with Crippen LogP contribution < -0.4 is 5.32 Å². The molecule has 0 aliphatic heterocycles. The van der Waals surface area contributed by atoms with E-state index in [9.17, 15) is 4.79 Å². The van der Waals surface area contributed by atoms with Crippen LogP contribution in [-0.4, -0.2) is 12.5 Å². The summed E-state index contributed by atoms with van der Waals surface area (Å²) in [5, 5.41) is 2.88. The molecule has 0 atom stereocenters. The van der Waals surface area contributed by atoms with E-state index < -0.39 is 0 Å². The van der Waals surface area contributed by atoms with Crippen molar-refractivity contribution in [2.24, 2.45) is 5.92 Å². The molecule has 0 aromatic rings. The minimum Gasteiger partial charge on any atom is -0.356 e. The van der Waals surface area contributed by atoms with Gasteiger partial charge in [-0.3, -0.25) is 4.79 Å². The van der Waals surface area contributed by atoms with Crippen LogP contribution in [0.4, 0.5) is 0 Å². The normalized spacial score (nSPS) is 10.3. The second-order valence-corrected chi connectivity index (χ2v) is 3.49. The molecule has 1 amide bonds. The lowest BCUT2D eigenvalue weighted by Crippen LogP contribution is -2.24. The number of hydrogen-bond donors (Lipinski definition) is 1. The number of nitrogens with one attached hydrogen (secondary N) is 1. The highest BCUT2D eigenvalue weighted by Crippen LogP contribution is 1.97. The number of hydrogen-bond acceptors (Lipinski definition) is 1. The van der Waals surface area contributed by atoms with Crippen LogP contribution in [0.3, 0.4) is 0 Å². The highest BCUT2D eigenvalue weighted by molar-refractivity contribution is 5.75. The van der Waals surface area contributed by atoms with E-state index in [1.165, 1.54) is 0 Å². The van der Waals surface area contributed by atoms with Gasteiger partial charge in [-0.1, -0.05) is 27.2 Å². The third-order valence-corrected chi connectivity index (χ3v) is 1.70. The third-order valence-electron chi connectivity index (χ3n) is 1.70. The SMILES string of the molecule is [CH2]CCCC(=O)NCCC(C)C. The standard InChI is InChI=1S/C10H20NO/c1-4-5-6-10(12)11-8-7-9(2)3/h9H,1,4-8H2,2-3H3,(H,11,12). The predicted octanol–water partition coefficient (Wildman–Crippen LogP) is 2.15. The van der Waals surface area contributed by atoms with E-state index >= 15 is 0 Å².